The molecule has 1 unspecified atom stereocenters. The fourth-order valence-corrected chi connectivity index (χ4v) is 3.72. The van der Waals surface area contributed by atoms with Crippen molar-refractivity contribution in [2.75, 3.05) is 5.73 Å². The Morgan fingerprint density at radius 1 is 1.12 bits per heavy atom. The second-order valence-corrected chi connectivity index (χ2v) is 8.68. The summed E-state index contributed by atoms with van der Waals surface area (Å²) in [5, 5.41) is 16.9. The average Bonchev–Trinajstić information content (AvgIpc) is 2.92. The molecule has 0 spiro atoms. The molecular formula is C28H23F4N5O3. The summed E-state index contributed by atoms with van der Waals surface area (Å²) in [6.07, 6.45) is -3.62. The maximum atomic E-state index is 14.6. The van der Waals surface area contributed by atoms with E-state index in [0.29, 0.717) is 33.7 Å². The molecule has 0 saturated carbocycles. The van der Waals surface area contributed by atoms with Crippen molar-refractivity contribution >= 4 is 28.6 Å². The van der Waals surface area contributed by atoms with Crippen LogP contribution < -0.4 is 5.73 Å². The first-order chi connectivity index (χ1) is 18.8. The molecule has 1 amide bonds. The van der Waals surface area contributed by atoms with E-state index in [1.54, 1.807) is 60.4 Å². The second kappa shape index (κ2) is 12.2. The molecule has 0 saturated heterocycles. The average molecular weight is 554 g/mol. The first-order valence-corrected chi connectivity index (χ1v) is 11.7. The van der Waals surface area contributed by atoms with E-state index in [1.165, 1.54) is 12.3 Å². The number of carboxylic acids is 1. The lowest BCUT2D eigenvalue weighted by atomic mass is 10.0. The topological polar surface area (TPSA) is 133 Å². The lowest BCUT2D eigenvalue weighted by molar-refractivity contribution is -0.192. The van der Waals surface area contributed by atoms with Crippen LogP contribution in [0.2, 0.25) is 0 Å². The first-order valence-electron chi connectivity index (χ1n) is 11.7. The minimum Gasteiger partial charge on any atom is -0.475 e. The van der Waals surface area contributed by atoms with Gasteiger partial charge in [0.15, 0.2) is 0 Å². The number of rotatable bonds is 5. The number of carbonyl (C=O) groups excluding carboxylic acids is 1. The van der Waals surface area contributed by atoms with Crippen LogP contribution in [0.15, 0.2) is 66.9 Å². The Hall–Kier alpha value is -5.05. The van der Waals surface area contributed by atoms with Gasteiger partial charge in [0, 0.05) is 22.7 Å². The van der Waals surface area contributed by atoms with E-state index in [0.717, 1.165) is 10.9 Å². The van der Waals surface area contributed by atoms with Crippen molar-refractivity contribution < 1.29 is 32.3 Å². The molecule has 1 atom stereocenters. The summed E-state index contributed by atoms with van der Waals surface area (Å²) in [5.41, 5.74) is 9.30. The number of aromatic nitrogens is 2. The van der Waals surface area contributed by atoms with Crippen LogP contribution in [0.5, 0.6) is 0 Å². The number of nitriles is 1. The number of anilines is 1. The van der Waals surface area contributed by atoms with Gasteiger partial charge in [-0.1, -0.05) is 18.2 Å². The van der Waals surface area contributed by atoms with Gasteiger partial charge in [-0.05, 0) is 61.9 Å². The van der Waals surface area contributed by atoms with Crippen LogP contribution in [0.1, 0.15) is 45.7 Å². The van der Waals surface area contributed by atoms with E-state index in [4.69, 9.17) is 20.9 Å². The number of fused-ring (bicyclic) bond motifs is 1. The van der Waals surface area contributed by atoms with Gasteiger partial charge in [0.2, 0.25) is 0 Å². The van der Waals surface area contributed by atoms with Crippen LogP contribution in [0.25, 0.3) is 10.9 Å². The number of halogens is 4. The smallest absolute Gasteiger partial charge is 0.475 e. The summed E-state index contributed by atoms with van der Waals surface area (Å²) in [4.78, 5) is 32.8. The van der Waals surface area contributed by atoms with Crippen LogP contribution in [0.4, 0.5) is 23.4 Å². The van der Waals surface area contributed by atoms with Gasteiger partial charge in [0.25, 0.3) is 5.91 Å². The Morgan fingerprint density at radius 2 is 1.80 bits per heavy atom. The number of hydrogen-bond acceptors (Lipinski definition) is 6. The SMILES string of the molecule is Cc1cc2cc(C(=O)N(Cc3ccc(C#N)cn3)C(C)c3ccccc3F)ccc2nc1N.O=C(O)C(F)(F)F. The fraction of sp³-hybridized carbons (Fsp3) is 0.179. The summed E-state index contributed by atoms with van der Waals surface area (Å²) < 4.78 is 46.3. The molecule has 0 aliphatic carbocycles. The van der Waals surface area contributed by atoms with Crippen molar-refractivity contribution in [1.82, 2.24) is 14.9 Å². The molecule has 12 heteroatoms. The second-order valence-electron chi connectivity index (χ2n) is 8.68. The molecule has 3 N–H and O–H groups in total. The lowest BCUT2D eigenvalue weighted by Crippen LogP contribution is -2.34. The van der Waals surface area contributed by atoms with Gasteiger partial charge >= 0.3 is 12.1 Å². The summed E-state index contributed by atoms with van der Waals surface area (Å²) >= 11 is 0. The Balaban J connectivity index is 0.000000559. The summed E-state index contributed by atoms with van der Waals surface area (Å²) in [6, 6.07) is 18.3. The summed E-state index contributed by atoms with van der Waals surface area (Å²) in [6.45, 7) is 3.80. The van der Waals surface area contributed by atoms with Gasteiger partial charge in [0.05, 0.1) is 29.4 Å². The molecule has 4 rings (SSSR count). The number of nitrogen functional groups attached to an aromatic ring is 1. The quantitative estimate of drug-likeness (QED) is 0.309. The molecule has 4 aromatic rings. The molecular weight excluding hydrogens is 530 g/mol. The maximum Gasteiger partial charge on any atom is 0.490 e. The van der Waals surface area contributed by atoms with E-state index < -0.39 is 18.2 Å². The van der Waals surface area contributed by atoms with E-state index in [1.807, 2.05) is 19.1 Å². The highest BCUT2D eigenvalue weighted by atomic mass is 19.4. The highest BCUT2D eigenvalue weighted by molar-refractivity contribution is 5.98. The Labute approximate surface area is 226 Å². The minimum absolute atomic E-state index is 0.150. The van der Waals surface area contributed by atoms with Gasteiger partial charge in [-0.25, -0.2) is 14.2 Å². The molecule has 40 heavy (non-hydrogen) atoms. The third-order valence-electron chi connectivity index (χ3n) is 5.90. The largest absolute Gasteiger partial charge is 0.490 e. The van der Waals surface area contributed by atoms with Crippen molar-refractivity contribution in [1.29, 1.82) is 5.26 Å². The van der Waals surface area contributed by atoms with Crippen LogP contribution in [0.3, 0.4) is 0 Å². The predicted octanol–water partition coefficient (Wildman–Crippen LogP) is 5.57. The standard InChI is InChI=1S/C26H22FN5O.C2HF3O2/c1-16-11-20-12-19(8-10-24(20)31-25(16)29)26(33)32(15-21-9-7-18(13-28)14-30-21)17(2)22-5-3-4-6-23(22)27;3-2(4,5)1(6)7/h3-12,14,17H,15H2,1-2H3,(H2,29,31);(H,6,7). The van der Waals surface area contributed by atoms with Crippen molar-refractivity contribution in [2.45, 2.75) is 32.6 Å². The normalized spacial score (nSPS) is 11.6. The van der Waals surface area contributed by atoms with Gasteiger partial charge in [-0.15, -0.1) is 0 Å². The number of carboxylic acid groups (broad SMARTS) is 1. The van der Waals surface area contributed by atoms with Crippen LogP contribution >= 0.6 is 0 Å². The number of aliphatic carboxylic acids is 1. The lowest BCUT2D eigenvalue weighted by Gasteiger charge is -2.30. The molecule has 2 aromatic carbocycles. The van der Waals surface area contributed by atoms with Gasteiger partial charge in [0.1, 0.15) is 17.7 Å². The Morgan fingerprint density at radius 3 is 2.38 bits per heavy atom. The van der Waals surface area contributed by atoms with Crippen LogP contribution in [-0.4, -0.2) is 38.0 Å². The molecule has 0 aliphatic heterocycles. The van der Waals surface area contributed by atoms with Crippen LogP contribution in [-0.2, 0) is 11.3 Å². The molecule has 2 heterocycles. The number of nitrogens with zero attached hydrogens (tertiary/aromatic N) is 4. The minimum atomic E-state index is -5.08. The van der Waals surface area contributed by atoms with Crippen molar-refractivity contribution in [2.24, 2.45) is 0 Å². The zero-order chi connectivity index (χ0) is 29.6. The number of benzene rings is 2. The number of nitrogens with two attached hydrogens (primary N) is 1. The van der Waals surface area contributed by atoms with Crippen LogP contribution in [0, 0.1) is 24.1 Å². The highest BCUT2D eigenvalue weighted by Gasteiger charge is 2.38. The fourth-order valence-electron chi connectivity index (χ4n) is 3.72. The Bertz CT molecular complexity index is 1580. The predicted molar refractivity (Wildman–Crippen MR) is 138 cm³/mol. The zero-order valence-electron chi connectivity index (χ0n) is 21.3. The molecule has 8 nitrogen and oxygen atoms in total. The van der Waals surface area contributed by atoms with Crippen molar-refractivity contribution in [3.63, 3.8) is 0 Å². The summed E-state index contributed by atoms with van der Waals surface area (Å²) in [7, 11) is 0. The summed E-state index contributed by atoms with van der Waals surface area (Å²) in [5.74, 6) is -2.96. The van der Waals surface area contributed by atoms with Gasteiger partial charge < -0.3 is 15.7 Å². The number of pyridine rings is 2. The van der Waals surface area contributed by atoms with E-state index in [2.05, 4.69) is 9.97 Å². The molecule has 0 aliphatic rings. The molecule has 0 bridgehead atoms. The molecule has 0 radical (unpaired) electrons. The maximum absolute atomic E-state index is 14.6. The Kier molecular flexibility index (Phi) is 9.00. The van der Waals surface area contributed by atoms with E-state index in [-0.39, 0.29) is 18.3 Å². The number of aryl methyl sites for hydroxylation is 1. The highest BCUT2D eigenvalue weighted by Crippen LogP contribution is 2.28. The zero-order valence-corrected chi connectivity index (χ0v) is 21.3. The van der Waals surface area contributed by atoms with Gasteiger partial charge in [-0.2, -0.15) is 18.4 Å². The van der Waals surface area contributed by atoms with E-state index in [9.17, 15) is 22.4 Å². The molecule has 0 fully saturated rings. The van der Waals surface area contributed by atoms with Crippen molar-refractivity contribution in [3.8, 4) is 6.07 Å². The van der Waals surface area contributed by atoms with Gasteiger partial charge in [-0.3, -0.25) is 9.78 Å². The number of amides is 1. The number of alkyl halides is 3. The van der Waals surface area contributed by atoms with Crippen molar-refractivity contribution in [3.05, 3.63) is 101 Å². The number of hydrogen-bond donors (Lipinski definition) is 2. The third kappa shape index (κ3) is 7.08. The molecule has 206 valence electrons. The number of carbonyl (C=O) groups is 2. The van der Waals surface area contributed by atoms with E-state index >= 15 is 0 Å². The monoisotopic (exact) mass is 553 g/mol. The third-order valence-corrected chi connectivity index (χ3v) is 5.90. The molecule has 2 aromatic heterocycles. The first kappa shape index (κ1) is 29.5.